The lowest BCUT2D eigenvalue weighted by Gasteiger charge is -2.47. The smallest absolute Gasteiger partial charge is 0.242 e. The minimum absolute atomic E-state index is 0.00808. The normalized spacial score (nSPS) is 25.2. The molecule has 0 radical (unpaired) electrons. The predicted molar refractivity (Wildman–Crippen MR) is 268 cm³/mol. The van der Waals surface area contributed by atoms with Gasteiger partial charge in [0.05, 0.1) is 35.7 Å². The van der Waals surface area contributed by atoms with Crippen LogP contribution in [0.15, 0.2) is 164 Å². The Balaban J connectivity index is 1.10. The van der Waals surface area contributed by atoms with Crippen LogP contribution in [-0.2, 0) is 21.7 Å². The van der Waals surface area contributed by atoms with Crippen molar-refractivity contribution in [2.24, 2.45) is 23.7 Å². The zero-order valence-electron chi connectivity index (χ0n) is 39.5. The molecule has 8 aromatic carbocycles. The monoisotopic (exact) mass is 1010 g/mol. The van der Waals surface area contributed by atoms with E-state index in [0.717, 1.165) is 6.07 Å². The van der Waals surface area contributed by atoms with Gasteiger partial charge in [0.2, 0.25) is 5.79 Å². The molecule has 12 rings (SSSR count). The summed E-state index contributed by atoms with van der Waals surface area (Å²) in [5.41, 5.74) is 3.69. The summed E-state index contributed by atoms with van der Waals surface area (Å²) in [6.07, 6.45) is -3.78. The van der Waals surface area contributed by atoms with E-state index in [9.17, 15) is 51.1 Å². The lowest BCUT2D eigenvalue weighted by molar-refractivity contribution is -0.212. The summed E-state index contributed by atoms with van der Waals surface area (Å²) in [5, 5.41) is 110. The minimum atomic E-state index is -1.80. The third-order valence-electron chi connectivity index (χ3n) is 15.3. The molecule has 0 bridgehead atoms. The molecule has 2 fully saturated rings. The van der Waals surface area contributed by atoms with Crippen LogP contribution < -0.4 is 9.47 Å². The van der Waals surface area contributed by atoms with Crippen LogP contribution in [0.3, 0.4) is 0 Å². The highest BCUT2D eigenvalue weighted by molar-refractivity contribution is 6.01. The molecule has 15 nitrogen and oxygen atoms in total. The molecule has 0 saturated carbocycles. The van der Waals surface area contributed by atoms with E-state index in [4.69, 9.17) is 18.9 Å². The molecule has 10 unspecified atom stereocenters. The van der Waals surface area contributed by atoms with Crippen molar-refractivity contribution < 1.29 is 74.8 Å². The predicted octanol–water partition coefficient (Wildman–Crippen LogP) is 10.4. The first-order valence-electron chi connectivity index (χ1n) is 24.3. The first-order chi connectivity index (χ1) is 36.1. The van der Waals surface area contributed by atoms with Crippen molar-refractivity contribution in [1.82, 2.24) is 0 Å². The number of phenols is 10. The van der Waals surface area contributed by atoms with Crippen molar-refractivity contribution >= 4 is 5.78 Å². The van der Waals surface area contributed by atoms with Crippen LogP contribution >= 0.6 is 0 Å². The molecule has 15 heteroatoms. The second-order valence-electron chi connectivity index (χ2n) is 19.7. The molecular weight excluding hydrogens is 961 g/mol. The van der Waals surface area contributed by atoms with Crippen LogP contribution in [0.25, 0.3) is 0 Å². The number of carbonyl (C=O) groups excluding carboxylic acids is 1. The number of aromatic hydroxyl groups is 10. The maximum atomic E-state index is 15.2. The van der Waals surface area contributed by atoms with E-state index in [1.165, 1.54) is 91.0 Å². The molecule has 4 aliphatic rings. The molecule has 4 aliphatic heterocycles. The van der Waals surface area contributed by atoms with E-state index in [1.54, 1.807) is 66.7 Å². The van der Waals surface area contributed by atoms with Gasteiger partial charge in [0, 0.05) is 69.8 Å². The molecule has 0 aromatic heterocycles. The number of phenolic OH excluding ortho intramolecular Hbond substituents is 10. The van der Waals surface area contributed by atoms with Gasteiger partial charge < -0.3 is 70.0 Å². The molecule has 75 heavy (non-hydrogen) atoms. The SMILES string of the molecule is O=C(c1ccc(O)cc1O)C1C(c2ccc(O)cc2)OC(c2cc3c(cc2O)OC2(c4ccc(O)cc4)OC4c5ccc(O)cc5OC(c5ccc(O)cc5)C4C2C3c2ccc(O)cc2O)C1Cc1ccc(O)cc1. The Labute approximate surface area is 428 Å². The van der Waals surface area contributed by atoms with Crippen molar-refractivity contribution in [3.63, 3.8) is 0 Å². The van der Waals surface area contributed by atoms with Crippen LogP contribution in [0.4, 0.5) is 0 Å². The topological polar surface area (TPSA) is 256 Å². The Morgan fingerprint density at radius 1 is 0.453 bits per heavy atom. The van der Waals surface area contributed by atoms with Gasteiger partial charge in [0.15, 0.2) is 5.78 Å². The molecule has 8 aromatic rings. The molecule has 10 atom stereocenters. The molecule has 0 spiro atoms. The van der Waals surface area contributed by atoms with Gasteiger partial charge in [-0.1, -0.05) is 42.5 Å². The maximum Gasteiger partial charge on any atom is 0.242 e. The van der Waals surface area contributed by atoms with Crippen molar-refractivity contribution in [2.45, 2.75) is 42.5 Å². The fourth-order valence-electron chi connectivity index (χ4n) is 12.0. The molecule has 0 amide bonds. The number of hydrogen-bond acceptors (Lipinski definition) is 15. The largest absolute Gasteiger partial charge is 0.508 e. The molecule has 4 heterocycles. The number of Topliss-reactive ketones (excluding diaryl/α,β-unsaturated/α-hetero) is 1. The summed E-state index contributed by atoms with van der Waals surface area (Å²) in [5.74, 6) is -8.08. The Hall–Kier alpha value is -9.05. The zero-order chi connectivity index (χ0) is 52.0. The average molecular weight is 1010 g/mol. The number of carbonyl (C=O) groups is 1. The molecule has 0 aliphatic carbocycles. The van der Waals surface area contributed by atoms with Crippen LogP contribution in [0.1, 0.15) is 85.2 Å². The van der Waals surface area contributed by atoms with E-state index in [1.807, 2.05) is 0 Å². The highest BCUT2D eigenvalue weighted by atomic mass is 16.7. The number of hydrogen-bond donors (Lipinski definition) is 10. The Morgan fingerprint density at radius 3 is 1.61 bits per heavy atom. The van der Waals surface area contributed by atoms with Gasteiger partial charge in [0.25, 0.3) is 0 Å². The average Bonchev–Trinajstić information content (AvgIpc) is 4.06. The molecule has 378 valence electrons. The highest BCUT2D eigenvalue weighted by Crippen LogP contribution is 2.70. The number of ketones is 1. The van der Waals surface area contributed by atoms with E-state index in [2.05, 4.69) is 0 Å². The van der Waals surface area contributed by atoms with Crippen molar-refractivity contribution in [3.05, 3.63) is 214 Å². The summed E-state index contributed by atoms with van der Waals surface area (Å²) in [4.78, 5) is 15.2. The summed E-state index contributed by atoms with van der Waals surface area (Å²) in [7, 11) is 0. The number of fused-ring (bicyclic) bond motifs is 6. The zero-order valence-corrected chi connectivity index (χ0v) is 39.5. The van der Waals surface area contributed by atoms with Gasteiger partial charge in [-0.3, -0.25) is 4.79 Å². The van der Waals surface area contributed by atoms with Gasteiger partial charge in [-0.2, -0.15) is 0 Å². The third-order valence-corrected chi connectivity index (χ3v) is 15.3. The van der Waals surface area contributed by atoms with Crippen LogP contribution in [-0.4, -0.2) is 56.8 Å². The van der Waals surface area contributed by atoms with Gasteiger partial charge in [0.1, 0.15) is 75.1 Å². The highest BCUT2D eigenvalue weighted by Gasteiger charge is 2.68. The lowest BCUT2D eigenvalue weighted by atomic mass is 9.64. The van der Waals surface area contributed by atoms with E-state index in [0.29, 0.717) is 44.7 Å². The molecule has 10 N–H and O–H groups in total. The standard InChI is InChI=1S/C60H48O15/c61-33-9-1-29(2-10-33)23-45-52(55(71)41-21-18-38(66)25-47(41)69)56(30-3-11-34(62)12-4-30)73-58(45)43-27-44-50(28-48(43)70)74-60(32-7-15-36(64)16-8-32)54(51(44)40-20-17-37(65)24-46(40)68)53-57(31-5-13-35(63)14-6-31)72-49-26-39(67)19-22-42(49)59(53)75-60/h1-22,24-28,45,51-54,56-59,61-70H,23H2. The van der Waals surface area contributed by atoms with Crippen molar-refractivity contribution in [2.75, 3.05) is 0 Å². The van der Waals surface area contributed by atoms with E-state index >= 15 is 4.79 Å². The van der Waals surface area contributed by atoms with Gasteiger partial charge in [-0.05, 0) is 120 Å². The summed E-state index contributed by atoms with van der Waals surface area (Å²) in [6, 6.07) is 41.2. The molecular formula is C60H48O15. The summed E-state index contributed by atoms with van der Waals surface area (Å²) >= 11 is 0. The second-order valence-corrected chi connectivity index (χ2v) is 19.7. The van der Waals surface area contributed by atoms with Gasteiger partial charge >= 0.3 is 0 Å². The fraction of sp³-hybridized carbons (Fsp3) is 0.183. The first-order valence-corrected chi connectivity index (χ1v) is 24.3. The van der Waals surface area contributed by atoms with Gasteiger partial charge in [-0.25, -0.2) is 0 Å². The lowest BCUT2D eigenvalue weighted by Crippen LogP contribution is -2.48. The van der Waals surface area contributed by atoms with Crippen molar-refractivity contribution in [3.8, 4) is 69.0 Å². The summed E-state index contributed by atoms with van der Waals surface area (Å²) < 4.78 is 28.6. The first kappa shape index (κ1) is 47.0. The number of benzene rings is 8. The minimum Gasteiger partial charge on any atom is -0.508 e. The van der Waals surface area contributed by atoms with Crippen LogP contribution in [0, 0.1) is 23.7 Å². The van der Waals surface area contributed by atoms with Crippen LogP contribution in [0.2, 0.25) is 0 Å². The van der Waals surface area contributed by atoms with E-state index < -0.39 is 71.3 Å². The Kier molecular flexibility index (Phi) is 11.2. The van der Waals surface area contributed by atoms with Crippen LogP contribution in [0.5, 0.6) is 69.0 Å². The maximum absolute atomic E-state index is 15.2. The quantitative estimate of drug-likeness (QED) is 0.0604. The third kappa shape index (κ3) is 7.95. The van der Waals surface area contributed by atoms with Crippen molar-refractivity contribution in [1.29, 1.82) is 0 Å². The second kappa shape index (κ2) is 17.9. The summed E-state index contributed by atoms with van der Waals surface area (Å²) in [6.45, 7) is 0. The number of rotatable bonds is 9. The van der Waals surface area contributed by atoms with Gasteiger partial charge in [-0.15, -0.1) is 0 Å². The Bertz CT molecular complexity index is 3510. The fourth-order valence-corrected chi connectivity index (χ4v) is 12.0. The molecule has 2 saturated heterocycles. The Morgan fingerprint density at radius 2 is 0.987 bits per heavy atom. The van der Waals surface area contributed by atoms with E-state index in [-0.39, 0.29) is 75.0 Å². The number of ether oxygens (including phenoxy) is 4.